The Hall–Kier alpha value is -0.350. The van der Waals surface area contributed by atoms with E-state index in [1.54, 1.807) is 6.07 Å². The van der Waals surface area contributed by atoms with Crippen LogP contribution in [0.1, 0.15) is 17.2 Å². The Morgan fingerprint density at radius 3 is 2.80 bits per heavy atom. The van der Waals surface area contributed by atoms with Gasteiger partial charge in [0, 0.05) is 12.6 Å². The van der Waals surface area contributed by atoms with Crippen molar-refractivity contribution in [3.8, 4) is 0 Å². The Morgan fingerprint density at radius 2 is 2.13 bits per heavy atom. The van der Waals surface area contributed by atoms with Gasteiger partial charge in [0.15, 0.2) is 0 Å². The van der Waals surface area contributed by atoms with Crippen LogP contribution >= 0.6 is 24.8 Å². The van der Waals surface area contributed by atoms with Crippen LogP contribution in [-0.4, -0.2) is 13.1 Å². The first-order valence-corrected chi connectivity index (χ1v) is 4.53. The maximum absolute atomic E-state index is 12.9. The lowest BCUT2D eigenvalue weighted by Gasteiger charge is -2.25. The van der Waals surface area contributed by atoms with Gasteiger partial charge in [0.2, 0.25) is 0 Å². The van der Waals surface area contributed by atoms with E-state index >= 15 is 0 Å². The minimum absolute atomic E-state index is 0. The van der Waals surface area contributed by atoms with Crippen molar-refractivity contribution in [3.63, 3.8) is 0 Å². The van der Waals surface area contributed by atoms with Gasteiger partial charge in [0.05, 0.1) is 0 Å². The lowest BCUT2D eigenvalue weighted by Crippen LogP contribution is -2.34. The Labute approximate surface area is 101 Å². The van der Waals surface area contributed by atoms with Crippen molar-refractivity contribution in [2.24, 2.45) is 5.73 Å². The maximum Gasteiger partial charge on any atom is 0.123 e. The third-order valence-corrected chi connectivity index (χ3v) is 2.50. The largest absolute Gasteiger partial charge is 0.329 e. The number of halogens is 3. The first-order valence-electron chi connectivity index (χ1n) is 4.53. The van der Waals surface area contributed by atoms with Crippen LogP contribution in [0.4, 0.5) is 4.39 Å². The summed E-state index contributed by atoms with van der Waals surface area (Å²) in [5.74, 6) is -0.156. The molecule has 1 aromatic carbocycles. The molecule has 0 bridgehead atoms. The minimum Gasteiger partial charge on any atom is -0.329 e. The lowest BCUT2D eigenvalue weighted by molar-refractivity contribution is 0.509. The number of fused-ring (bicyclic) bond motifs is 1. The van der Waals surface area contributed by atoms with E-state index in [2.05, 4.69) is 5.32 Å². The van der Waals surface area contributed by atoms with Gasteiger partial charge < -0.3 is 11.1 Å². The van der Waals surface area contributed by atoms with Crippen LogP contribution in [0.3, 0.4) is 0 Å². The van der Waals surface area contributed by atoms with E-state index in [0.717, 1.165) is 24.1 Å². The second kappa shape index (κ2) is 6.28. The van der Waals surface area contributed by atoms with Crippen molar-refractivity contribution in [1.82, 2.24) is 5.32 Å². The van der Waals surface area contributed by atoms with Gasteiger partial charge in [-0.1, -0.05) is 6.07 Å². The van der Waals surface area contributed by atoms with Gasteiger partial charge in [-0.05, 0) is 36.2 Å². The highest BCUT2D eigenvalue weighted by atomic mass is 35.5. The standard InChI is InChI=1S/C10H13FN2.2ClH/c11-8-1-2-9-7(5-8)3-4-13-10(9)6-12;;/h1-2,5,10,13H,3-4,6,12H2;2*1H. The molecule has 0 radical (unpaired) electrons. The fraction of sp³-hybridized carbons (Fsp3) is 0.400. The number of nitrogens with one attached hydrogen (secondary N) is 1. The first-order chi connectivity index (χ1) is 6.31. The summed E-state index contributed by atoms with van der Waals surface area (Å²) >= 11 is 0. The molecule has 1 atom stereocenters. The molecule has 5 heteroatoms. The highest BCUT2D eigenvalue weighted by Gasteiger charge is 2.17. The highest BCUT2D eigenvalue weighted by molar-refractivity contribution is 5.85. The Kier molecular flexibility index (Phi) is 6.13. The van der Waals surface area contributed by atoms with Crippen LogP contribution in [0.25, 0.3) is 0 Å². The molecule has 1 aliphatic heterocycles. The van der Waals surface area contributed by atoms with Crippen molar-refractivity contribution in [1.29, 1.82) is 0 Å². The SMILES string of the molecule is Cl.Cl.NCC1NCCc2cc(F)ccc21. The molecule has 15 heavy (non-hydrogen) atoms. The summed E-state index contributed by atoms with van der Waals surface area (Å²) in [7, 11) is 0. The molecule has 86 valence electrons. The number of benzene rings is 1. The van der Waals surface area contributed by atoms with E-state index in [9.17, 15) is 4.39 Å². The van der Waals surface area contributed by atoms with Gasteiger partial charge in [0.25, 0.3) is 0 Å². The van der Waals surface area contributed by atoms with Gasteiger partial charge >= 0.3 is 0 Å². The maximum atomic E-state index is 12.9. The van der Waals surface area contributed by atoms with E-state index in [1.165, 1.54) is 6.07 Å². The number of hydrogen-bond donors (Lipinski definition) is 2. The van der Waals surface area contributed by atoms with E-state index in [4.69, 9.17) is 5.73 Å². The topological polar surface area (TPSA) is 38.0 Å². The van der Waals surface area contributed by atoms with E-state index < -0.39 is 0 Å². The van der Waals surface area contributed by atoms with Gasteiger partial charge in [-0.25, -0.2) is 4.39 Å². The fourth-order valence-corrected chi connectivity index (χ4v) is 1.83. The van der Waals surface area contributed by atoms with Crippen LogP contribution in [0.15, 0.2) is 18.2 Å². The van der Waals surface area contributed by atoms with Crippen molar-refractivity contribution in [3.05, 3.63) is 35.1 Å². The summed E-state index contributed by atoms with van der Waals surface area (Å²) in [6.07, 6.45) is 0.892. The highest BCUT2D eigenvalue weighted by Crippen LogP contribution is 2.22. The second-order valence-electron chi connectivity index (χ2n) is 3.34. The molecular weight excluding hydrogens is 238 g/mol. The third-order valence-electron chi connectivity index (χ3n) is 2.50. The molecule has 0 amide bonds. The molecule has 0 aliphatic carbocycles. The molecule has 0 saturated carbocycles. The average molecular weight is 253 g/mol. The monoisotopic (exact) mass is 252 g/mol. The summed E-state index contributed by atoms with van der Waals surface area (Å²) in [5, 5.41) is 3.30. The predicted octanol–water partition coefficient (Wildman–Crippen LogP) is 1.81. The molecule has 0 aromatic heterocycles. The number of nitrogens with two attached hydrogens (primary N) is 1. The minimum atomic E-state index is -0.156. The quantitative estimate of drug-likeness (QED) is 0.801. The second-order valence-corrected chi connectivity index (χ2v) is 3.34. The molecule has 0 saturated heterocycles. The molecular formula is C10H15Cl2FN2. The van der Waals surface area contributed by atoms with Crippen molar-refractivity contribution < 1.29 is 4.39 Å². The lowest BCUT2D eigenvalue weighted by atomic mass is 9.94. The molecule has 1 aliphatic rings. The number of hydrogen-bond acceptors (Lipinski definition) is 2. The first kappa shape index (κ1) is 14.6. The summed E-state index contributed by atoms with van der Waals surface area (Å²) in [4.78, 5) is 0. The normalized spacial score (nSPS) is 18.4. The Bertz CT molecular complexity index is 320. The zero-order chi connectivity index (χ0) is 9.26. The van der Waals surface area contributed by atoms with E-state index in [-0.39, 0.29) is 36.7 Å². The average Bonchev–Trinajstić information content (AvgIpc) is 2.16. The van der Waals surface area contributed by atoms with Gasteiger partial charge in [-0.15, -0.1) is 24.8 Å². The number of rotatable bonds is 1. The van der Waals surface area contributed by atoms with Crippen molar-refractivity contribution in [2.45, 2.75) is 12.5 Å². The van der Waals surface area contributed by atoms with E-state index in [1.807, 2.05) is 6.07 Å². The molecule has 2 nitrogen and oxygen atoms in total. The van der Waals surface area contributed by atoms with Gasteiger partial charge in [-0.3, -0.25) is 0 Å². The molecule has 2 rings (SSSR count). The summed E-state index contributed by atoms with van der Waals surface area (Å²) in [6.45, 7) is 1.46. The van der Waals surface area contributed by atoms with Gasteiger partial charge in [0.1, 0.15) is 5.82 Å². The zero-order valence-electron chi connectivity index (χ0n) is 8.20. The molecule has 3 N–H and O–H groups in total. The van der Waals surface area contributed by atoms with Crippen LogP contribution in [-0.2, 0) is 6.42 Å². The van der Waals surface area contributed by atoms with Crippen molar-refractivity contribution in [2.75, 3.05) is 13.1 Å². The van der Waals surface area contributed by atoms with Crippen LogP contribution in [0.5, 0.6) is 0 Å². The summed E-state index contributed by atoms with van der Waals surface area (Å²) in [5.41, 5.74) is 7.84. The third kappa shape index (κ3) is 3.05. The van der Waals surface area contributed by atoms with Crippen LogP contribution < -0.4 is 11.1 Å². The van der Waals surface area contributed by atoms with Crippen LogP contribution in [0, 0.1) is 5.82 Å². The van der Waals surface area contributed by atoms with Gasteiger partial charge in [-0.2, -0.15) is 0 Å². The molecule has 1 unspecified atom stereocenters. The molecule has 1 aromatic rings. The molecule has 0 spiro atoms. The smallest absolute Gasteiger partial charge is 0.123 e. The Balaban J connectivity index is 0.000000980. The summed E-state index contributed by atoms with van der Waals surface area (Å²) < 4.78 is 12.9. The fourth-order valence-electron chi connectivity index (χ4n) is 1.83. The summed E-state index contributed by atoms with van der Waals surface area (Å²) in [6, 6.07) is 5.13. The van der Waals surface area contributed by atoms with E-state index in [0.29, 0.717) is 6.54 Å². The predicted molar refractivity (Wildman–Crippen MR) is 64.4 cm³/mol. The van der Waals surface area contributed by atoms with Crippen molar-refractivity contribution >= 4 is 24.8 Å². The molecule has 1 heterocycles. The van der Waals surface area contributed by atoms with Crippen LogP contribution in [0.2, 0.25) is 0 Å². The molecule has 0 fully saturated rings. The Morgan fingerprint density at radius 1 is 1.40 bits per heavy atom. The zero-order valence-corrected chi connectivity index (χ0v) is 9.84.